The van der Waals surface area contributed by atoms with E-state index in [1.807, 2.05) is 54.6 Å². The van der Waals surface area contributed by atoms with Crippen LogP contribution in [0, 0.1) is 0 Å². The van der Waals surface area contributed by atoms with E-state index in [1.165, 1.54) is 0 Å². The van der Waals surface area contributed by atoms with Crippen LogP contribution < -0.4 is 0 Å². The minimum atomic E-state index is 0.587. The first-order chi connectivity index (χ1) is 49.6. The van der Waals surface area contributed by atoms with Crippen molar-refractivity contribution in [2.24, 2.45) is 0 Å². The molecule has 0 saturated carbocycles. The summed E-state index contributed by atoms with van der Waals surface area (Å²) in [6.07, 6.45) is 0. The maximum Gasteiger partial charge on any atom is 0.164 e. The lowest BCUT2D eigenvalue weighted by Gasteiger charge is -2.15. The quantitative estimate of drug-likeness (QED) is 0.120. The average Bonchev–Trinajstić information content (AvgIpc) is 1.56. The fourth-order valence-electron chi connectivity index (χ4n) is 14.5. The van der Waals surface area contributed by atoms with E-state index < -0.39 is 0 Å². The third-order valence-corrected chi connectivity index (χ3v) is 19.2. The summed E-state index contributed by atoms with van der Waals surface area (Å²) in [5.41, 5.74) is 23.9. The van der Waals surface area contributed by atoms with Crippen molar-refractivity contribution in [2.45, 2.75) is 0 Å². The van der Waals surface area contributed by atoms with Gasteiger partial charge in [0.1, 0.15) is 0 Å². The van der Waals surface area contributed by atoms with Gasteiger partial charge in [0.2, 0.25) is 0 Å². The molecule has 9 heteroatoms. The molecule has 466 valence electrons. The molecule has 100 heavy (non-hydrogen) atoms. The summed E-state index contributed by atoms with van der Waals surface area (Å²) < 4.78 is 4.79. The van der Waals surface area contributed by atoms with E-state index in [1.54, 1.807) is 0 Å². The largest absolute Gasteiger partial charge is 0.308 e. The lowest BCUT2D eigenvalue weighted by Crippen LogP contribution is -2.00. The van der Waals surface area contributed by atoms with E-state index >= 15 is 0 Å². The fraction of sp³-hybridized carbons (Fsp3) is 0. The van der Waals surface area contributed by atoms with Crippen LogP contribution in [0.1, 0.15) is 0 Å². The van der Waals surface area contributed by atoms with Gasteiger partial charge in [0.25, 0.3) is 0 Å². The first kappa shape index (κ1) is 57.8. The highest BCUT2D eigenvalue weighted by molar-refractivity contribution is 6.24. The molecule has 0 spiro atoms. The molecule has 13 aromatic carbocycles. The van der Waals surface area contributed by atoms with E-state index in [4.69, 9.17) is 34.9 Å². The summed E-state index contributed by atoms with van der Waals surface area (Å²) in [5, 5.41) is 6.61. The number of pyridine rings is 2. The van der Waals surface area contributed by atoms with Crippen LogP contribution in [-0.4, -0.2) is 44.0 Å². The number of aromatic nitrogens is 9. The molecule has 0 aliphatic carbocycles. The molecule has 0 atom stereocenters. The monoisotopic (exact) mass is 1280 g/mol. The Bertz CT molecular complexity index is 6330. The Morgan fingerprint density at radius 1 is 0.200 bits per heavy atom. The predicted molar refractivity (Wildman–Crippen MR) is 409 cm³/mol. The molecule has 19 rings (SSSR count). The van der Waals surface area contributed by atoms with Crippen molar-refractivity contribution >= 4 is 65.4 Å². The van der Waals surface area contributed by atoms with Gasteiger partial charge in [-0.15, -0.1) is 0 Å². The first-order valence-electron chi connectivity index (χ1n) is 33.6. The highest BCUT2D eigenvalue weighted by Crippen LogP contribution is 2.45. The maximum absolute atomic E-state index is 5.50. The Morgan fingerprint density at radius 3 is 1.03 bits per heavy atom. The van der Waals surface area contributed by atoms with Crippen molar-refractivity contribution in [1.82, 2.24) is 44.0 Å². The molecule has 6 heterocycles. The second-order valence-corrected chi connectivity index (χ2v) is 25.1. The fourth-order valence-corrected chi connectivity index (χ4v) is 14.5. The zero-order valence-electron chi connectivity index (χ0n) is 53.9. The maximum atomic E-state index is 5.50. The Labute approximate surface area is 576 Å². The normalized spacial score (nSPS) is 11.6. The zero-order valence-corrected chi connectivity index (χ0v) is 53.9. The third-order valence-electron chi connectivity index (χ3n) is 19.2. The summed E-state index contributed by atoms with van der Waals surface area (Å²) in [5.74, 6) is 2.45. The summed E-state index contributed by atoms with van der Waals surface area (Å²) >= 11 is 0. The Kier molecular flexibility index (Phi) is 14.0. The Morgan fingerprint density at radius 2 is 0.530 bits per heavy atom. The van der Waals surface area contributed by atoms with Gasteiger partial charge in [-0.1, -0.05) is 291 Å². The van der Waals surface area contributed by atoms with Gasteiger partial charge in [0.05, 0.1) is 55.9 Å². The van der Waals surface area contributed by atoms with Gasteiger partial charge in [-0.2, -0.15) is 0 Å². The van der Waals surface area contributed by atoms with E-state index in [2.05, 4.69) is 300 Å². The molecule has 0 radical (unpaired) electrons. The van der Waals surface area contributed by atoms with Crippen molar-refractivity contribution in [1.29, 1.82) is 0 Å². The summed E-state index contributed by atoms with van der Waals surface area (Å²) in [6, 6.07) is 121. The topological polar surface area (TPSA) is 100 Å². The molecule has 0 aliphatic heterocycles. The number of rotatable bonds is 12. The summed E-state index contributed by atoms with van der Waals surface area (Å²) in [6.45, 7) is 0. The van der Waals surface area contributed by atoms with Crippen LogP contribution in [0.5, 0.6) is 0 Å². The molecule has 0 saturated heterocycles. The van der Waals surface area contributed by atoms with Crippen molar-refractivity contribution in [3.8, 4) is 124 Å². The van der Waals surface area contributed by atoms with E-state index in [-0.39, 0.29) is 0 Å². The lowest BCUT2D eigenvalue weighted by molar-refractivity contribution is 1.07. The Hall–Kier alpha value is -13.6. The number of hydrogen-bond donors (Lipinski definition) is 0. The molecule has 0 unspecified atom stereocenters. The average molecular weight is 1280 g/mol. The highest BCUT2D eigenvalue weighted by atomic mass is 15.0. The minimum absolute atomic E-state index is 0.587. The van der Waals surface area contributed by atoms with Gasteiger partial charge in [-0.3, -0.25) is 0 Å². The SMILES string of the molecule is c1ccc(-c2ccc(-c3nc(-c4ccccc4)nc(-c4ccc(-c5nc6ccccc6c6c5c5ccccc5n6-c5ccc(-c6ccccc6-c6cc(-c7ccc(-c8nc9ccccc9c9c8c8ccccc8n9-c8ccccc8)cc7)nc(-c7ccccc7)n6)cc5)cc4)n3)cc2)cc1. The summed E-state index contributed by atoms with van der Waals surface area (Å²) in [7, 11) is 0. The van der Waals surface area contributed by atoms with Gasteiger partial charge in [0, 0.05) is 88.2 Å². The number of fused-ring (bicyclic) bond motifs is 10. The van der Waals surface area contributed by atoms with E-state index in [0.29, 0.717) is 23.3 Å². The molecule has 19 aromatic rings. The van der Waals surface area contributed by atoms with Crippen LogP contribution in [0.3, 0.4) is 0 Å². The molecule has 9 nitrogen and oxygen atoms in total. The van der Waals surface area contributed by atoms with Gasteiger partial charge in [-0.25, -0.2) is 34.9 Å². The van der Waals surface area contributed by atoms with Gasteiger partial charge in [-0.05, 0) is 76.9 Å². The van der Waals surface area contributed by atoms with Gasteiger partial charge >= 0.3 is 0 Å². The lowest BCUT2D eigenvalue weighted by atomic mass is 9.96. The molecular formula is C91H57N9. The van der Waals surface area contributed by atoms with Crippen LogP contribution in [0.2, 0.25) is 0 Å². The molecule has 0 amide bonds. The van der Waals surface area contributed by atoms with E-state index in [9.17, 15) is 0 Å². The van der Waals surface area contributed by atoms with Gasteiger partial charge in [0.15, 0.2) is 23.3 Å². The van der Waals surface area contributed by atoms with Crippen molar-refractivity contribution in [3.05, 3.63) is 346 Å². The first-order valence-corrected chi connectivity index (χ1v) is 33.6. The van der Waals surface area contributed by atoms with Crippen LogP contribution in [0.25, 0.3) is 190 Å². The number of hydrogen-bond acceptors (Lipinski definition) is 7. The highest BCUT2D eigenvalue weighted by Gasteiger charge is 2.24. The molecule has 0 fully saturated rings. The molecule has 6 aromatic heterocycles. The summed E-state index contributed by atoms with van der Waals surface area (Å²) in [4.78, 5) is 36.9. The van der Waals surface area contributed by atoms with E-state index in [0.717, 1.165) is 166 Å². The molecule has 0 bridgehead atoms. The van der Waals surface area contributed by atoms with Crippen LogP contribution in [0.4, 0.5) is 0 Å². The molecule has 0 N–H and O–H groups in total. The minimum Gasteiger partial charge on any atom is -0.308 e. The van der Waals surface area contributed by atoms with Crippen LogP contribution in [-0.2, 0) is 0 Å². The predicted octanol–water partition coefficient (Wildman–Crippen LogP) is 22.6. The van der Waals surface area contributed by atoms with Crippen molar-refractivity contribution < 1.29 is 0 Å². The van der Waals surface area contributed by atoms with Crippen molar-refractivity contribution in [2.75, 3.05) is 0 Å². The number of benzene rings is 13. The molecule has 0 aliphatic rings. The molecular weight excluding hydrogens is 1220 g/mol. The smallest absolute Gasteiger partial charge is 0.164 e. The Balaban J connectivity index is 0.686. The standard InChI is InChI=1S/C91H57N9/c1-5-23-58(24-6-1)59-41-49-66(50-42-59)90-96-89(65-27-9-3-10-28-65)97-91(98-90)67-51-47-63(48-52-67)85-83-75-36-18-22-40-81(75)100(87(83)73-34-16-20-38-77(73)93-85)69-55-53-60(54-56-69)70-31-13-14-32-71(70)79-57-78(94-88(95-79)64-25-7-2-8-26-64)61-43-45-62(46-44-61)84-82-74-35-17-21-39-80(74)99(68-29-11-4-12-30-68)86(82)72-33-15-19-37-76(72)92-84/h1-57H. The second-order valence-electron chi connectivity index (χ2n) is 25.1. The van der Waals surface area contributed by atoms with Gasteiger partial charge < -0.3 is 9.13 Å². The van der Waals surface area contributed by atoms with Crippen molar-refractivity contribution in [3.63, 3.8) is 0 Å². The third kappa shape index (κ3) is 10.1. The number of nitrogens with zero attached hydrogens (tertiary/aromatic N) is 9. The zero-order chi connectivity index (χ0) is 66.0. The van der Waals surface area contributed by atoms with Crippen LogP contribution >= 0.6 is 0 Å². The second kappa shape index (κ2) is 24.2. The number of para-hydroxylation sites is 5. The van der Waals surface area contributed by atoms with Crippen LogP contribution in [0.15, 0.2) is 346 Å².